The highest BCUT2D eigenvalue weighted by Crippen LogP contribution is 2.21. The molecule has 1 N–H and O–H groups in total. The van der Waals surface area contributed by atoms with Crippen molar-refractivity contribution >= 4 is 34.8 Å². The normalized spacial score (nSPS) is 10.4. The molecule has 0 aliphatic rings. The van der Waals surface area contributed by atoms with Crippen LogP contribution in [0.15, 0.2) is 48.5 Å². The van der Waals surface area contributed by atoms with Crippen molar-refractivity contribution in [1.29, 1.82) is 0 Å². The smallest absolute Gasteiger partial charge is 0.251 e. The zero-order valence-corrected chi connectivity index (χ0v) is 16.8. The zero-order valence-electron chi connectivity index (χ0n) is 16.0. The highest BCUT2D eigenvalue weighted by molar-refractivity contribution is 6.30. The van der Waals surface area contributed by atoms with Crippen LogP contribution in [0.25, 0.3) is 0 Å². The van der Waals surface area contributed by atoms with E-state index in [4.69, 9.17) is 11.6 Å². The van der Waals surface area contributed by atoms with Crippen molar-refractivity contribution in [2.24, 2.45) is 0 Å². The highest BCUT2D eigenvalue weighted by Gasteiger charge is 2.13. The molecule has 0 heterocycles. The second-order valence-corrected chi connectivity index (χ2v) is 6.56. The molecule has 0 radical (unpaired) electrons. The van der Waals surface area contributed by atoms with Crippen molar-refractivity contribution in [2.75, 3.05) is 36.0 Å². The summed E-state index contributed by atoms with van der Waals surface area (Å²) < 4.78 is 0. The molecule has 0 spiro atoms. The molecule has 2 rings (SSSR count). The van der Waals surface area contributed by atoms with Gasteiger partial charge in [-0.1, -0.05) is 11.6 Å². The maximum absolute atomic E-state index is 12.2. The van der Waals surface area contributed by atoms with E-state index in [1.54, 1.807) is 29.2 Å². The van der Waals surface area contributed by atoms with Gasteiger partial charge in [0.25, 0.3) is 5.91 Å². The monoisotopic (exact) mass is 387 g/mol. The molecule has 0 atom stereocenters. The standard InChI is InChI=1S/C21H26ClN3O2/c1-4-24(5-2)19-10-12-20(13-11-19)25(16(3)26)15-14-23-21(27)17-6-8-18(22)9-7-17/h6-13H,4-5,14-15H2,1-3H3,(H,23,27). The summed E-state index contributed by atoms with van der Waals surface area (Å²) >= 11 is 5.84. The predicted octanol–water partition coefficient (Wildman–Crippen LogP) is 3.97. The molecule has 5 nitrogen and oxygen atoms in total. The van der Waals surface area contributed by atoms with E-state index >= 15 is 0 Å². The first-order valence-electron chi connectivity index (χ1n) is 9.13. The van der Waals surface area contributed by atoms with Crippen LogP contribution in [0.4, 0.5) is 11.4 Å². The summed E-state index contributed by atoms with van der Waals surface area (Å²) in [6.07, 6.45) is 0. The molecular weight excluding hydrogens is 362 g/mol. The van der Waals surface area contributed by atoms with Crippen molar-refractivity contribution in [3.63, 3.8) is 0 Å². The number of hydrogen-bond donors (Lipinski definition) is 1. The fraction of sp³-hybridized carbons (Fsp3) is 0.333. The molecule has 2 amide bonds. The number of benzene rings is 2. The molecular formula is C21H26ClN3O2. The van der Waals surface area contributed by atoms with Gasteiger partial charge in [0.05, 0.1) is 0 Å². The van der Waals surface area contributed by atoms with E-state index in [-0.39, 0.29) is 11.8 Å². The minimum atomic E-state index is -0.188. The Labute approximate surface area is 165 Å². The molecule has 2 aromatic carbocycles. The third-order valence-corrected chi connectivity index (χ3v) is 4.65. The number of amides is 2. The number of nitrogens with zero attached hydrogens (tertiary/aromatic N) is 2. The number of carbonyl (C=O) groups is 2. The van der Waals surface area contributed by atoms with Crippen molar-refractivity contribution in [2.45, 2.75) is 20.8 Å². The lowest BCUT2D eigenvalue weighted by Gasteiger charge is -2.24. The van der Waals surface area contributed by atoms with E-state index in [0.29, 0.717) is 23.7 Å². The van der Waals surface area contributed by atoms with E-state index in [0.717, 1.165) is 24.5 Å². The van der Waals surface area contributed by atoms with Gasteiger partial charge in [-0.3, -0.25) is 9.59 Å². The third-order valence-electron chi connectivity index (χ3n) is 4.40. The van der Waals surface area contributed by atoms with E-state index in [2.05, 4.69) is 24.1 Å². The Morgan fingerprint density at radius 3 is 2.00 bits per heavy atom. The van der Waals surface area contributed by atoms with E-state index in [1.807, 2.05) is 24.3 Å². The van der Waals surface area contributed by atoms with Gasteiger partial charge in [0, 0.05) is 55.1 Å². The Bertz CT molecular complexity index is 756. The first kappa shape index (κ1) is 20.8. The molecule has 0 saturated heterocycles. The van der Waals surface area contributed by atoms with Crippen LogP contribution in [-0.4, -0.2) is 38.0 Å². The lowest BCUT2D eigenvalue weighted by molar-refractivity contribution is -0.116. The molecule has 0 fully saturated rings. The van der Waals surface area contributed by atoms with Gasteiger partial charge in [0.15, 0.2) is 0 Å². The van der Waals surface area contributed by atoms with E-state index in [9.17, 15) is 9.59 Å². The van der Waals surface area contributed by atoms with Gasteiger partial charge in [0.1, 0.15) is 0 Å². The lowest BCUT2D eigenvalue weighted by Crippen LogP contribution is -2.37. The molecule has 27 heavy (non-hydrogen) atoms. The van der Waals surface area contributed by atoms with E-state index < -0.39 is 0 Å². The third kappa shape index (κ3) is 5.73. The second kappa shape index (κ2) is 9.97. The molecule has 6 heteroatoms. The topological polar surface area (TPSA) is 52.6 Å². The lowest BCUT2D eigenvalue weighted by atomic mass is 10.2. The van der Waals surface area contributed by atoms with Crippen LogP contribution in [0.3, 0.4) is 0 Å². The minimum Gasteiger partial charge on any atom is -0.372 e. The first-order valence-corrected chi connectivity index (χ1v) is 9.51. The summed E-state index contributed by atoms with van der Waals surface area (Å²) in [4.78, 5) is 28.1. The maximum Gasteiger partial charge on any atom is 0.251 e. The summed E-state index contributed by atoms with van der Waals surface area (Å²) in [6.45, 7) is 8.38. The summed E-state index contributed by atoms with van der Waals surface area (Å²) in [5.74, 6) is -0.251. The largest absolute Gasteiger partial charge is 0.372 e. The van der Waals surface area contributed by atoms with Gasteiger partial charge in [-0.05, 0) is 62.4 Å². The SMILES string of the molecule is CCN(CC)c1ccc(N(CCNC(=O)c2ccc(Cl)cc2)C(C)=O)cc1. The zero-order chi connectivity index (χ0) is 19.8. The van der Waals surface area contributed by atoms with Gasteiger partial charge in [-0.15, -0.1) is 0 Å². The molecule has 0 aliphatic heterocycles. The number of carbonyl (C=O) groups excluding carboxylic acids is 2. The summed E-state index contributed by atoms with van der Waals surface area (Å²) in [7, 11) is 0. The van der Waals surface area contributed by atoms with Crippen LogP contribution in [0.2, 0.25) is 5.02 Å². The predicted molar refractivity (Wildman–Crippen MR) is 112 cm³/mol. The second-order valence-electron chi connectivity index (χ2n) is 6.12. The number of hydrogen-bond acceptors (Lipinski definition) is 3. The molecule has 0 saturated carbocycles. The Balaban J connectivity index is 1.98. The molecule has 0 unspecified atom stereocenters. The van der Waals surface area contributed by atoms with Gasteiger partial charge < -0.3 is 15.1 Å². The maximum atomic E-state index is 12.2. The summed E-state index contributed by atoms with van der Waals surface area (Å²) in [5.41, 5.74) is 2.49. The quantitative estimate of drug-likeness (QED) is 0.745. The van der Waals surface area contributed by atoms with Crippen LogP contribution in [0, 0.1) is 0 Å². The van der Waals surface area contributed by atoms with Crippen molar-refractivity contribution in [3.05, 3.63) is 59.1 Å². The molecule has 2 aromatic rings. The number of nitrogens with one attached hydrogen (secondary N) is 1. The summed E-state index contributed by atoms with van der Waals surface area (Å²) in [5, 5.41) is 3.42. The number of anilines is 2. The van der Waals surface area contributed by atoms with Crippen LogP contribution in [0.5, 0.6) is 0 Å². The summed E-state index contributed by atoms with van der Waals surface area (Å²) in [6, 6.07) is 14.6. The van der Waals surface area contributed by atoms with Crippen LogP contribution >= 0.6 is 11.6 Å². The fourth-order valence-corrected chi connectivity index (χ4v) is 3.01. The Morgan fingerprint density at radius 2 is 1.48 bits per heavy atom. The molecule has 0 aromatic heterocycles. The van der Waals surface area contributed by atoms with Crippen molar-refractivity contribution in [1.82, 2.24) is 5.32 Å². The van der Waals surface area contributed by atoms with Crippen LogP contribution in [0.1, 0.15) is 31.1 Å². The van der Waals surface area contributed by atoms with E-state index in [1.165, 1.54) is 6.92 Å². The Kier molecular flexibility index (Phi) is 7.67. The van der Waals surface area contributed by atoms with Crippen LogP contribution < -0.4 is 15.1 Å². The van der Waals surface area contributed by atoms with Gasteiger partial charge in [-0.2, -0.15) is 0 Å². The number of rotatable bonds is 8. The van der Waals surface area contributed by atoms with Gasteiger partial charge >= 0.3 is 0 Å². The van der Waals surface area contributed by atoms with Crippen molar-refractivity contribution < 1.29 is 9.59 Å². The first-order chi connectivity index (χ1) is 13.0. The van der Waals surface area contributed by atoms with Gasteiger partial charge in [-0.25, -0.2) is 0 Å². The Hall–Kier alpha value is -2.53. The van der Waals surface area contributed by atoms with Gasteiger partial charge in [0.2, 0.25) is 5.91 Å². The van der Waals surface area contributed by atoms with Crippen molar-refractivity contribution in [3.8, 4) is 0 Å². The fourth-order valence-electron chi connectivity index (χ4n) is 2.89. The van der Waals surface area contributed by atoms with Crippen LogP contribution in [-0.2, 0) is 4.79 Å². The average Bonchev–Trinajstić information content (AvgIpc) is 2.67. The average molecular weight is 388 g/mol. The minimum absolute atomic E-state index is 0.0636. The molecule has 0 bridgehead atoms. The highest BCUT2D eigenvalue weighted by atomic mass is 35.5. The molecule has 144 valence electrons. The molecule has 0 aliphatic carbocycles. The Morgan fingerprint density at radius 1 is 0.926 bits per heavy atom. The number of halogens is 1.